The van der Waals surface area contributed by atoms with Crippen molar-refractivity contribution in [3.8, 4) is 0 Å². The second-order valence-electron chi connectivity index (χ2n) is 3.13. The molecule has 0 aliphatic rings. The van der Waals surface area contributed by atoms with Gasteiger partial charge in [0.15, 0.2) is 0 Å². The number of anilines is 1. The maximum absolute atomic E-state index is 11.8. The molecule has 1 atom stereocenters. The Morgan fingerprint density at radius 1 is 1.50 bits per heavy atom. The van der Waals surface area contributed by atoms with Crippen LogP contribution in [0.3, 0.4) is 0 Å². The molecule has 1 rings (SSSR count). The number of hydrogen-bond donors (Lipinski definition) is 1. The highest BCUT2D eigenvalue weighted by atomic mass is 31.1. The lowest BCUT2D eigenvalue weighted by Gasteiger charge is -2.12. The highest BCUT2D eigenvalue weighted by Gasteiger charge is 2.09. The topological polar surface area (TPSA) is 73.1 Å². The van der Waals surface area contributed by atoms with E-state index in [1.54, 1.807) is 13.6 Å². The van der Waals surface area contributed by atoms with E-state index in [-0.39, 0.29) is 26.1 Å². The summed E-state index contributed by atoms with van der Waals surface area (Å²) >= 11 is 0. The standard InChI is InChI=1S/C9H14N3O3P/c1-4-11-8(14)5-7(10-6(2)13)12(16-3)9(11)15/h5,16H,4H2,1-3H3,(H,10,13). The van der Waals surface area contributed by atoms with Crippen LogP contribution >= 0.6 is 8.73 Å². The number of aromatic nitrogens is 2. The molecule has 0 aliphatic heterocycles. The average molecular weight is 243 g/mol. The largest absolute Gasteiger partial charge is 0.335 e. The highest BCUT2D eigenvalue weighted by molar-refractivity contribution is 7.35. The normalized spacial score (nSPS) is 10.9. The molecule has 0 aliphatic carbocycles. The molecule has 1 aromatic rings. The van der Waals surface area contributed by atoms with Crippen LogP contribution in [0.2, 0.25) is 0 Å². The van der Waals surface area contributed by atoms with Gasteiger partial charge in [0.1, 0.15) is 5.82 Å². The van der Waals surface area contributed by atoms with Crippen molar-refractivity contribution in [2.24, 2.45) is 0 Å². The highest BCUT2D eigenvalue weighted by Crippen LogP contribution is 2.12. The predicted octanol–water partition coefficient (Wildman–Crippen LogP) is 0.0597. The lowest BCUT2D eigenvalue weighted by molar-refractivity contribution is -0.114. The second-order valence-corrected chi connectivity index (χ2v) is 4.03. The fourth-order valence-corrected chi connectivity index (χ4v) is 2.03. The Morgan fingerprint density at radius 3 is 2.56 bits per heavy atom. The van der Waals surface area contributed by atoms with E-state index >= 15 is 0 Å². The first kappa shape index (κ1) is 12.6. The first-order valence-electron chi connectivity index (χ1n) is 4.83. The summed E-state index contributed by atoms with van der Waals surface area (Å²) in [6.45, 7) is 5.18. The number of hydrogen-bond acceptors (Lipinski definition) is 3. The zero-order chi connectivity index (χ0) is 12.3. The summed E-state index contributed by atoms with van der Waals surface area (Å²) in [6, 6.07) is 1.27. The molecule has 1 unspecified atom stereocenters. The monoisotopic (exact) mass is 243 g/mol. The van der Waals surface area contributed by atoms with Gasteiger partial charge < -0.3 is 5.32 Å². The van der Waals surface area contributed by atoms with Crippen molar-refractivity contribution in [1.82, 2.24) is 8.90 Å². The van der Waals surface area contributed by atoms with Crippen LogP contribution in [0.25, 0.3) is 0 Å². The van der Waals surface area contributed by atoms with Gasteiger partial charge in [-0.3, -0.25) is 18.5 Å². The molecular formula is C9H14N3O3P. The van der Waals surface area contributed by atoms with Gasteiger partial charge in [-0.1, -0.05) is 0 Å². The third kappa shape index (κ3) is 2.39. The molecule has 6 nitrogen and oxygen atoms in total. The van der Waals surface area contributed by atoms with Crippen LogP contribution in [0.5, 0.6) is 0 Å². The van der Waals surface area contributed by atoms with Crippen LogP contribution in [0.4, 0.5) is 5.82 Å². The van der Waals surface area contributed by atoms with Crippen molar-refractivity contribution in [1.29, 1.82) is 0 Å². The molecular weight excluding hydrogens is 229 g/mol. The molecule has 88 valence electrons. The first-order chi connectivity index (χ1) is 7.51. The number of nitrogens with zero attached hydrogens (tertiary/aromatic N) is 2. The fraction of sp³-hybridized carbons (Fsp3) is 0.444. The number of carbonyl (C=O) groups is 1. The molecule has 16 heavy (non-hydrogen) atoms. The first-order valence-corrected chi connectivity index (χ1v) is 6.28. The Kier molecular flexibility index (Phi) is 4.01. The quantitative estimate of drug-likeness (QED) is 0.763. The van der Waals surface area contributed by atoms with Crippen LogP contribution in [0.15, 0.2) is 15.7 Å². The maximum Gasteiger partial charge on any atom is 0.335 e. The van der Waals surface area contributed by atoms with Crippen molar-refractivity contribution in [3.05, 3.63) is 26.9 Å². The minimum atomic E-state index is -0.397. The van der Waals surface area contributed by atoms with Crippen molar-refractivity contribution in [2.75, 3.05) is 12.0 Å². The lowest BCUT2D eigenvalue weighted by Crippen LogP contribution is -2.38. The fourth-order valence-electron chi connectivity index (χ4n) is 1.36. The maximum atomic E-state index is 11.8. The van der Waals surface area contributed by atoms with E-state index in [1.165, 1.54) is 17.3 Å². The van der Waals surface area contributed by atoms with Gasteiger partial charge in [0, 0.05) is 19.5 Å². The van der Waals surface area contributed by atoms with Crippen LogP contribution in [-0.2, 0) is 11.3 Å². The molecule has 7 heteroatoms. The van der Waals surface area contributed by atoms with Crippen molar-refractivity contribution in [2.45, 2.75) is 20.4 Å². The second kappa shape index (κ2) is 5.07. The minimum Gasteiger partial charge on any atom is -0.312 e. The van der Waals surface area contributed by atoms with Gasteiger partial charge >= 0.3 is 5.69 Å². The molecule has 1 aromatic heterocycles. The van der Waals surface area contributed by atoms with Crippen molar-refractivity contribution < 1.29 is 4.79 Å². The van der Waals surface area contributed by atoms with Gasteiger partial charge in [-0.15, -0.1) is 0 Å². The van der Waals surface area contributed by atoms with E-state index < -0.39 is 5.56 Å². The van der Waals surface area contributed by atoms with E-state index in [1.807, 2.05) is 0 Å². The third-order valence-corrected chi connectivity index (χ3v) is 2.91. The van der Waals surface area contributed by atoms with E-state index in [4.69, 9.17) is 0 Å². The van der Waals surface area contributed by atoms with Crippen molar-refractivity contribution >= 4 is 20.5 Å². The molecule has 1 N–H and O–H groups in total. The number of rotatable bonds is 3. The van der Waals surface area contributed by atoms with E-state index in [0.717, 1.165) is 4.57 Å². The summed E-state index contributed by atoms with van der Waals surface area (Å²) in [5.41, 5.74) is -0.787. The summed E-state index contributed by atoms with van der Waals surface area (Å²) < 4.78 is 2.51. The van der Waals surface area contributed by atoms with Gasteiger partial charge in [0.2, 0.25) is 5.91 Å². The molecule has 1 heterocycles. The summed E-state index contributed by atoms with van der Waals surface area (Å²) in [4.78, 5) is 34.3. The predicted molar refractivity (Wildman–Crippen MR) is 64.6 cm³/mol. The average Bonchev–Trinajstić information content (AvgIpc) is 2.17. The van der Waals surface area contributed by atoms with Gasteiger partial charge in [0.05, 0.1) is 0 Å². The molecule has 0 fully saturated rings. The molecule has 0 spiro atoms. The zero-order valence-corrected chi connectivity index (χ0v) is 10.4. The van der Waals surface area contributed by atoms with E-state index in [0.29, 0.717) is 6.54 Å². The Balaban J connectivity index is 3.47. The zero-order valence-electron chi connectivity index (χ0n) is 9.40. The summed E-state index contributed by atoms with van der Waals surface area (Å²) in [7, 11) is 0.153. The summed E-state index contributed by atoms with van der Waals surface area (Å²) in [5, 5.41) is 2.47. The van der Waals surface area contributed by atoms with Crippen molar-refractivity contribution in [3.63, 3.8) is 0 Å². The van der Waals surface area contributed by atoms with Gasteiger partial charge in [-0.25, -0.2) is 4.79 Å². The Hall–Kier alpha value is -1.42. The lowest BCUT2D eigenvalue weighted by atomic mass is 10.5. The van der Waals surface area contributed by atoms with E-state index in [2.05, 4.69) is 5.32 Å². The minimum absolute atomic E-state index is 0.153. The summed E-state index contributed by atoms with van der Waals surface area (Å²) in [6.07, 6.45) is 0. The Labute approximate surface area is 94.1 Å². The molecule has 0 aromatic carbocycles. The number of carbonyl (C=O) groups excluding carboxylic acids is 1. The van der Waals surface area contributed by atoms with Gasteiger partial charge in [-0.05, 0) is 22.3 Å². The van der Waals surface area contributed by atoms with Crippen LogP contribution in [-0.4, -0.2) is 21.5 Å². The van der Waals surface area contributed by atoms with Gasteiger partial charge in [-0.2, -0.15) is 0 Å². The van der Waals surface area contributed by atoms with E-state index in [9.17, 15) is 14.4 Å². The molecule has 0 bridgehead atoms. The molecule has 1 amide bonds. The molecule has 0 radical (unpaired) electrons. The molecule has 0 saturated heterocycles. The van der Waals surface area contributed by atoms with Gasteiger partial charge in [0.25, 0.3) is 5.56 Å². The van der Waals surface area contributed by atoms with Crippen LogP contribution in [0, 0.1) is 0 Å². The van der Waals surface area contributed by atoms with Crippen LogP contribution in [0.1, 0.15) is 13.8 Å². The smallest absolute Gasteiger partial charge is 0.312 e. The Bertz CT molecular complexity index is 518. The SMILES string of the molecule is CCn1c(=O)cc(NC(C)=O)n(PC)c1=O. The summed E-state index contributed by atoms with van der Waals surface area (Å²) in [5.74, 6) is -0.0481. The van der Waals surface area contributed by atoms with Crippen LogP contribution < -0.4 is 16.6 Å². The number of amides is 1. The molecule has 0 saturated carbocycles. The third-order valence-electron chi connectivity index (χ3n) is 2.03. The number of nitrogens with one attached hydrogen (secondary N) is 1. The Morgan fingerprint density at radius 2 is 2.12 bits per heavy atom.